The Morgan fingerprint density at radius 2 is 2.38 bits per heavy atom. The largest absolute Gasteiger partial charge is 0.393 e. The molecule has 16 heavy (non-hydrogen) atoms. The average Bonchev–Trinajstić information content (AvgIpc) is 2.29. The molecule has 1 fully saturated rings. The fourth-order valence-corrected chi connectivity index (χ4v) is 2.16. The summed E-state index contributed by atoms with van der Waals surface area (Å²) in [4.78, 5) is 13.4. The van der Waals surface area contributed by atoms with E-state index in [2.05, 4.69) is 24.2 Å². The maximum Gasteiger partial charge on any atom is 0.233 e. The number of nitrogens with one attached hydrogen (secondary N) is 1. The van der Waals surface area contributed by atoms with Gasteiger partial charge in [0.2, 0.25) is 5.91 Å². The van der Waals surface area contributed by atoms with Gasteiger partial charge in [-0.15, -0.1) is 0 Å². The molecule has 1 saturated heterocycles. The molecule has 1 rings (SSSR count). The van der Waals surface area contributed by atoms with Crippen molar-refractivity contribution in [2.75, 3.05) is 13.1 Å². The third kappa shape index (κ3) is 3.73. The van der Waals surface area contributed by atoms with Crippen LogP contribution in [0.5, 0.6) is 0 Å². The minimum Gasteiger partial charge on any atom is -0.393 e. The second-order valence-corrected chi connectivity index (χ2v) is 4.78. The summed E-state index contributed by atoms with van der Waals surface area (Å²) >= 11 is 0. The van der Waals surface area contributed by atoms with Gasteiger partial charge in [-0.1, -0.05) is 6.92 Å². The second kappa shape index (κ2) is 6.18. The third-order valence-corrected chi connectivity index (χ3v) is 3.46. The lowest BCUT2D eigenvalue weighted by molar-refractivity contribution is -0.121. The van der Waals surface area contributed by atoms with Gasteiger partial charge in [0.1, 0.15) is 0 Å². The van der Waals surface area contributed by atoms with E-state index >= 15 is 0 Å². The molecule has 5 nitrogen and oxygen atoms in total. The Labute approximate surface area is 97.0 Å². The maximum absolute atomic E-state index is 11.0. The lowest BCUT2D eigenvalue weighted by Crippen LogP contribution is -2.46. The van der Waals surface area contributed by atoms with Crippen LogP contribution in [0.1, 0.15) is 33.1 Å². The number of amides is 1. The summed E-state index contributed by atoms with van der Waals surface area (Å²) in [6.07, 6.45) is 1.93. The van der Waals surface area contributed by atoms with E-state index in [-0.39, 0.29) is 12.0 Å². The first-order valence-electron chi connectivity index (χ1n) is 5.96. The van der Waals surface area contributed by atoms with Crippen molar-refractivity contribution in [3.05, 3.63) is 0 Å². The van der Waals surface area contributed by atoms with E-state index in [0.29, 0.717) is 18.4 Å². The van der Waals surface area contributed by atoms with Crippen LogP contribution in [0.2, 0.25) is 0 Å². The number of aliphatic hydroxyl groups is 1. The lowest BCUT2D eigenvalue weighted by atomic mass is 9.95. The summed E-state index contributed by atoms with van der Waals surface area (Å²) in [6, 6.07) is 0.368. The topological polar surface area (TPSA) is 78.6 Å². The van der Waals surface area contributed by atoms with E-state index in [1.165, 1.54) is 0 Å². The summed E-state index contributed by atoms with van der Waals surface area (Å²) < 4.78 is 0. The van der Waals surface area contributed by atoms with Crippen molar-refractivity contribution in [3.63, 3.8) is 0 Å². The van der Waals surface area contributed by atoms with Gasteiger partial charge in [-0.25, -0.2) is 5.84 Å². The Hall–Kier alpha value is -0.650. The summed E-state index contributed by atoms with van der Waals surface area (Å²) in [6.45, 7) is 6.01. The number of carbonyl (C=O) groups is 1. The lowest BCUT2D eigenvalue weighted by Gasteiger charge is -2.38. The van der Waals surface area contributed by atoms with Crippen molar-refractivity contribution >= 4 is 5.91 Å². The van der Waals surface area contributed by atoms with Gasteiger partial charge in [0, 0.05) is 25.6 Å². The quantitative estimate of drug-likeness (QED) is 0.356. The molecule has 0 aromatic carbocycles. The first-order chi connectivity index (χ1) is 7.54. The van der Waals surface area contributed by atoms with E-state index < -0.39 is 0 Å². The van der Waals surface area contributed by atoms with Crippen molar-refractivity contribution in [3.8, 4) is 0 Å². The van der Waals surface area contributed by atoms with E-state index in [4.69, 9.17) is 5.84 Å². The zero-order chi connectivity index (χ0) is 12.1. The van der Waals surface area contributed by atoms with E-state index in [9.17, 15) is 9.90 Å². The third-order valence-electron chi connectivity index (χ3n) is 3.46. The maximum atomic E-state index is 11.0. The Kier molecular flexibility index (Phi) is 5.18. The monoisotopic (exact) mass is 229 g/mol. The highest BCUT2D eigenvalue weighted by molar-refractivity contribution is 5.75. The van der Waals surface area contributed by atoms with Crippen LogP contribution in [0.25, 0.3) is 0 Å². The molecule has 3 atom stereocenters. The molecule has 0 aromatic heterocycles. The summed E-state index contributed by atoms with van der Waals surface area (Å²) in [5.41, 5.74) is 2.14. The number of nitrogens with two attached hydrogens (primary N) is 1. The van der Waals surface area contributed by atoms with Gasteiger partial charge in [-0.3, -0.25) is 10.2 Å². The smallest absolute Gasteiger partial charge is 0.233 e. The van der Waals surface area contributed by atoms with Crippen LogP contribution >= 0.6 is 0 Å². The molecule has 0 aliphatic carbocycles. The molecule has 0 radical (unpaired) electrons. The highest BCUT2D eigenvalue weighted by Gasteiger charge is 2.26. The zero-order valence-corrected chi connectivity index (χ0v) is 10.1. The zero-order valence-electron chi connectivity index (χ0n) is 10.1. The minimum atomic E-state index is -0.171. The molecule has 0 spiro atoms. The normalized spacial score (nSPS) is 28.8. The van der Waals surface area contributed by atoms with Crippen LogP contribution in [0.4, 0.5) is 0 Å². The molecule has 1 amide bonds. The molecule has 0 saturated carbocycles. The van der Waals surface area contributed by atoms with Crippen LogP contribution in [0, 0.1) is 5.92 Å². The molecule has 1 heterocycles. The van der Waals surface area contributed by atoms with Gasteiger partial charge in [0.15, 0.2) is 0 Å². The Balaban J connectivity index is 2.31. The van der Waals surface area contributed by atoms with Crippen molar-refractivity contribution in [2.24, 2.45) is 11.8 Å². The molecule has 1 aliphatic rings. The van der Waals surface area contributed by atoms with Gasteiger partial charge in [0.25, 0.3) is 0 Å². The number of piperidine rings is 1. The number of rotatable bonds is 4. The minimum absolute atomic E-state index is 0.114. The van der Waals surface area contributed by atoms with Crippen molar-refractivity contribution in [1.82, 2.24) is 10.3 Å². The molecule has 3 unspecified atom stereocenters. The number of aliphatic hydroxyl groups excluding tert-OH is 1. The average molecular weight is 229 g/mol. The van der Waals surface area contributed by atoms with Crippen LogP contribution in [-0.4, -0.2) is 41.1 Å². The number of hydrogen-bond acceptors (Lipinski definition) is 4. The number of hydrogen-bond donors (Lipinski definition) is 3. The van der Waals surface area contributed by atoms with E-state index in [1.54, 1.807) is 0 Å². The SMILES string of the molecule is CC1CN(C(C)CCC(=O)NN)CCC1O. The number of carbonyl (C=O) groups excluding carboxylic acids is 1. The first-order valence-corrected chi connectivity index (χ1v) is 5.96. The molecule has 5 heteroatoms. The summed E-state index contributed by atoms with van der Waals surface area (Å²) in [5, 5.41) is 9.63. The van der Waals surface area contributed by atoms with Crippen LogP contribution < -0.4 is 11.3 Å². The van der Waals surface area contributed by atoms with Gasteiger partial charge in [-0.05, 0) is 25.7 Å². The predicted molar refractivity (Wildman–Crippen MR) is 62.4 cm³/mol. The van der Waals surface area contributed by atoms with Crippen LogP contribution in [0.3, 0.4) is 0 Å². The van der Waals surface area contributed by atoms with E-state index in [0.717, 1.165) is 25.9 Å². The molecule has 0 bridgehead atoms. The number of likely N-dealkylation sites (tertiary alicyclic amines) is 1. The Bertz CT molecular complexity index is 235. The van der Waals surface area contributed by atoms with Gasteiger partial charge in [-0.2, -0.15) is 0 Å². The molecule has 1 aliphatic heterocycles. The van der Waals surface area contributed by atoms with Crippen LogP contribution in [0.15, 0.2) is 0 Å². The van der Waals surface area contributed by atoms with Gasteiger partial charge >= 0.3 is 0 Å². The second-order valence-electron chi connectivity index (χ2n) is 4.78. The number of hydrazine groups is 1. The molecule has 0 aromatic rings. The highest BCUT2D eigenvalue weighted by Crippen LogP contribution is 2.20. The van der Waals surface area contributed by atoms with Gasteiger partial charge < -0.3 is 10.0 Å². The Morgan fingerprint density at radius 3 is 2.94 bits per heavy atom. The predicted octanol–water partition coefficient (Wildman–Crippen LogP) is -0.152. The fourth-order valence-electron chi connectivity index (χ4n) is 2.16. The molecular formula is C11H23N3O2. The van der Waals surface area contributed by atoms with Gasteiger partial charge in [0.05, 0.1) is 6.10 Å². The molecule has 4 N–H and O–H groups in total. The summed E-state index contributed by atoms with van der Waals surface area (Å²) in [5.74, 6) is 5.24. The first kappa shape index (κ1) is 13.4. The van der Waals surface area contributed by atoms with Crippen molar-refractivity contribution < 1.29 is 9.90 Å². The molecular weight excluding hydrogens is 206 g/mol. The Morgan fingerprint density at radius 1 is 1.69 bits per heavy atom. The fraction of sp³-hybridized carbons (Fsp3) is 0.909. The van der Waals surface area contributed by atoms with Crippen molar-refractivity contribution in [2.45, 2.75) is 45.3 Å². The van der Waals surface area contributed by atoms with Crippen LogP contribution in [-0.2, 0) is 4.79 Å². The molecule has 94 valence electrons. The van der Waals surface area contributed by atoms with E-state index in [1.807, 2.05) is 0 Å². The highest BCUT2D eigenvalue weighted by atomic mass is 16.3. The summed E-state index contributed by atoms with van der Waals surface area (Å²) in [7, 11) is 0. The number of nitrogens with zero attached hydrogens (tertiary/aromatic N) is 1. The standard InChI is InChI=1S/C11H23N3O2/c1-8-7-14(6-5-10(8)15)9(2)3-4-11(16)13-12/h8-10,15H,3-7,12H2,1-2H3,(H,13,16). The van der Waals surface area contributed by atoms with Crippen molar-refractivity contribution in [1.29, 1.82) is 0 Å².